The lowest BCUT2D eigenvalue weighted by atomic mass is 9.86. The van der Waals surface area contributed by atoms with Gasteiger partial charge in [-0.2, -0.15) is 0 Å². The number of nitrogens with two attached hydrogens (primary N) is 1. The molecule has 0 aliphatic carbocycles. The number of benzene rings is 2. The Morgan fingerprint density at radius 1 is 0.950 bits per heavy atom. The van der Waals surface area contributed by atoms with E-state index in [2.05, 4.69) is 0 Å². The molecule has 0 aromatic heterocycles. The highest BCUT2D eigenvalue weighted by Crippen LogP contribution is 2.32. The van der Waals surface area contributed by atoms with Crippen molar-refractivity contribution in [2.45, 2.75) is 5.60 Å². The van der Waals surface area contributed by atoms with Crippen molar-refractivity contribution in [3.63, 3.8) is 0 Å². The molecule has 0 saturated carbocycles. The first-order valence-electron chi connectivity index (χ1n) is 6.35. The maximum Gasteiger partial charge on any atom is 0.127 e. The molecule has 4 nitrogen and oxygen atoms in total. The lowest BCUT2D eigenvalue weighted by Crippen LogP contribution is -2.36. The monoisotopic (exact) mass is 273 g/mol. The van der Waals surface area contributed by atoms with E-state index in [1.807, 2.05) is 36.4 Å². The first kappa shape index (κ1) is 14.4. The van der Waals surface area contributed by atoms with Crippen LogP contribution in [0.4, 0.5) is 0 Å². The van der Waals surface area contributed by atoms with Gasteiger partial charge in [-0.1, -0.05) is 24.3 Å². The Hall–Kier alpha value is -2.04. The van der Waals surface area contributed by atoms with Crippen LogP contribution in [0, 0.1) is 0 Å². The SMILES string of the molecule is COc1cccc(C(O)(CN)c2cccc(OC)c2)c1. The zero-order valence-corrected chi connectivity index (χ0v) is 11.7. The molecule has 0 atom stereocenters. The van der Waals surface area contributed by atoms with Gasteiger partial charge < -0.3 is 20.3 Å². The van der Waals surface area contributed by atoms with Gasteiger partial charge in [0, 0.05) is 6.54 Å². The summed E-state index contributed by atoms with van der Waals surface area (Å²) in [5.41, 5.74) is 5.92. The van der Waals surface area contributed by atoms with E-state index in [0.717, 1.165) is 0 Å². The molecule has 0 spiro atoms. The molecule has 2 aromatic carbocycles. The first-order valence-corrected chi connectivity index (χ1v) is 6.35. The predicted molar refractivity (Wildman–Crippen MR) is 78.0 cm³/mol. The van der Waals surface area contributed by atoms with Gasteiger partial charge in [-0.05, 0) is 35.4 Å². The second kappa shape index (κ2) is 5.94. The molecule has 0 unspecified atom stereocenters. The highest BCUT2D eigenvalue weighted by atomic mass is 16.5. The molecule has 2 aromatic rings. The molecule has 0 bridgehead atoms. The zero-order valence-electron chi connectivity index (χ0n) is 11.7. The number of methoxy groups -OCH3 is 2. The number of rotatable bonds is 5. The summed E-state index contributed by atoms with van der Waals surface area (Å²) in [5, 5.41) is 11.0. The van der Waals surface area contributed by atoms with Gasteiger partial charge in [-0.25, -0.2) is 0 Å². The van der Waals surface area contributed by atoms with Crippen LogP contribution in [0.2, 0.25) is 0 Å². The summed E-state index contributed by atoms with van der Waals surface area (Å²) < 4.78 is 10.4. The molecular weight excluding hydrogens is 254 g/mol. The second-order valence-corrected chi connectivity index (χ2v) is 4.53. The summed E-state index contributed by atoms with van der Waals surface area (Å²) in [6.45, 7) is 0.0628. The number of hydrogen-bond donors (Lipinski definition) is 2. The number of hydrogen-bond acceptors (Lipinski definition) is 4. The maximum absolute atomic E-state index is 11.0. The number of ether oxygens (including phenoxy) is 2. The molecule has 2 rings (SSSR count). The van der Waals surface area contributed by atoms with Crippen LogP contribution in [-0.2, 0) is 5.60 Å². The normalized spacial score (nSPS) is 11.2. The molecule has 0 fully saturated rings. The second-order valence-electron chi connectivity index (χ2n) is 4.53. The third kappa shape index (κ3) is 2.61. The van der Waals surface area contributed by atoms with Crippen molar-refractivity contribution in [1.82, 2.24) is 0 Å². The Labute approximate surface area is 118 Å². The van der Waals surface area contributed by atoms with Crippen LogP contribution in [0.5, 0.6) is 11.5 Å². The van der Waals surface area contributed by atoms with E-state index in [9.17, 15) is 5.11 Å². The minimum Gasteiger partial charge on any atom is -0.497 e. The fourth-order valence-corrected chi connectivity index (χ4v) is 2.16. The van der Waals surface area contributed by atoms with E-state index in [0.29, 0.717) is 22.6 Å². The van der Waals surface area contributed by atoms with Crippen LogP contribution in [0.25, 0.3) is 0 Å². The first-order chi connectivity index (χ1) is 9.63. The lowest BCUT2D eigenvalue weighted by molar-refractivity contribution is 0.0897. The fraction of sp³-hybridized carbons (Fsp3) is 0.250. The van der Waals surface area contributed by atoms with Crippen LogP contribution >= 0.6 is 0 Å². The Kier molecular flexibility index (Phi) is 4.27. The minimum atomic E-state index is -1.27. The third-order valence-electron chi connectivity index (χ3n) is 3.39. The van der Waals surface area contributed by atoms with Gasteiger partial charge in [-0.3, -0.25) is 0 Å². The molecule has 0 heterocycles. The molecule has 0 aliphatic heterocycles. The van der Waals surface area contributed by atoms with Crippen LogP contribution in [-0.4, -0.2) is 25.9 Å². The zero-order chi connectivity index (χ0) is 14.6. The third-order valence-corrected chi connectivity index (χ3v) is 3.39. The van der Waals surface area contributed by atoms with Crippen molar-refractivity contribution >= 4 is 0 Å². The van der Waals surface area contributed by atoms with E-state index in [4.69, 9.17) is 15.2 Å². The Balaban J connectivity index is 2.51. The van der Waals surface area contributed by atoms with Gasteiger partial charge in [0.1, 0.15) is 17.1 Å². The predicted octanol–water partition coefficient (Wildman–Crippen LogP) is 1.90. The van der Waals surface area contributed by atoms with Crippen LogP contribution in [0.3, 0.4) is 0 Å². The molecule has 106 valence electrons. The van der Waals surface area contributed by atoms with Gasteiger partial charge >= 0.3 is 0 Å². The van der Waals surface area contributed by atoms with E-state index in [1.165, 1.54) is 0 Å². The summed E-state index contributed by atoms with van der Waals surface area (Å²) >= 11 is 0. The van der Waals surface area contributed by atoms with E-state index < -0.39 is 5.60 Å². The summed E-state index contributed by atoms with van der Waals surface area (Å²) in [5.74, 6) is 1.36. The highest BCUT2D eigenvalue weighted by molar-refractivity contribution is 5.42. The average Bonchev–Trinajstić information content (AvgIpc) is 2.54. The topological polar surface area (TPSA) is 64.7 Å². The van der Waals surface area contributed by atoms with Crippen LogP contribution < -0.4 is 15.2 Å². The lowest BCUT2D eigenvalue weighted by Gasteiger charge is -2.28. The van der Waals surface area contributed by atoms with Crippen molar-refractivity contribution in [2.24, 2.45) is 5.73 Å². The van der Waals surface area contributed by atoms with Crippen molar-refractivity contribution in [3.8, 4) is 11.5 Å². The molecule has 0 amide bonds. The number of aliphatic hydroxyl groups is 1. The Morgan fingerprint density at radius 2 is 1.40 bits per heavy atom. The largest absolute Gasteiger partial charge is 0.497 e. The van der Waals surface area contributed by atoms with Gasteiger partial charge in [0.25, 0.3) is 0 Å². The summed E-state index contributed by atoms with van der Waals surface area (Å²) in [7, 11) is 3.18. The molecule has 4 heteroatoms. The summed E-state index contributed by atoms with van der Waals surface area (Å²) in [6.07, 6.45) is 0. The molecule has 20 heavy (non-hydrogen) atoms. The van der Waals surface area contributed by atoms with Crippen LogP contribution in [0.1, 0.15) is 11.1 Å². The highest BCUT2D eigenvalue weighted by Gasteiger charge is 2.30. The Morgan fingerprint density at radius 3 is 1.75 bits per heavy atom. The van der Waals surface area contributed by atoms with Crippen molar-refractivity contribution in [2.75, 3.05) is 20.8 Å². The molecule has 0 saturated heterocycles. The van der Waals surface area contributed by atoms with E-state index in [1.54, 1.807) is 26.4 Å². The van der Waals surface area contributed by atoms with Crippen molar-refractivity contribution in [3.05, 3.63) is 59.7 Å². The molecule has 0 radical (unpaired) electrons. The quantitative estimate of drug-likeness (QED) is 0.873. The summed E-state index contributed by atoms with van der Waals surface area (Å²) in [4.78, 5) is 0. The standard InChI is InChI=1S/C16H19NO3/c1-19-14-7-3-5-12(9-14)16(18,11-17)13-6-4-8-15(10-13)20-2/h3-10,18H,11,17H2,1-2H3. The van der Waals surface area contributed by atoms with E-state index in [-0.39, 0.29) is 6.54 Å². The average molecular weight is 273 g/mol. The van der Waals surface area contributed by atoms with Gasteiger partial charge in [0.05, 0.1) is 14.2 Å². The minimum absolute atomic E-state index is 0.0628. The van der Waals surface area contributed by atoms with Crippen LogP contribution in [0.15, 0.2) is 48.5 Å². The summed E-state index contributed by atoms with van der Waals surface area (Å²) in [6, 6.07) is 14.5. The van der Waals surface area contributed by atoms with Crippen molar-refractivity contribution < 1.29 is 14.6 Å². The molecule has 3 N–H and O–H groups in total. The smallest absolute Gasteiger partial charge is 0.127 e. The van der Waals surface area contributed by atoms with Gasteiger partial charge in [0.2, 0.25) is 0 Å². The Bertz CT molecular complexity index is 536. The van der Waals surface area contributed by atoms with E-state index >= 15 is 0 Å². The van der Waals surface area contributed by atoms with Crippen molar-refractivity contribution in [1.29, 1.82) is 0 Å². The molecule has 0 aliphatic rings. The van der Waals surface area contributed by atoms with Gasteiger partial charge in [-0.15, -0.1) is 0 Å². The fourth-order valence-electron chi connectivity index (χ4n) is 2.16. The molecular formula is C16H19NO3. The van der Waals surface area contributed by atoms with Gasteiger partial charge in [0.15, 0.2) is 0 Å². The maximum atomic E-state index is 11.0.